The van der Waals surface area contributed by atoms with Crippen LogP contribution < -0.4 is 0 Å². The van der Waals surface area contributed by atoms with Crippen molar-refractivity contribution in [2.45, 2.75) is 81.1 Å². The predicted molar refractivity (Wildman–Crippen MR) is 176 cm³/mol. The summed E-state index contributed by atoms with van der Waals surface area (Å²) in [6, 6.07) is 12.8. The Morgan fingerprint density at radius 3 is 1.16 bits per heavy atom. The molecule has 0 aliphatic carbocycles. The third-order valence-corrected chi connectivity index (χ3v) is 6.34. The van der Waals surface area contributed by atoms with Gasteiger partial charge in [-0.25, -0.2) is 8.78 Å². The zero-order valence-electron chi connectivity index (χ0n) is 28.8. The number of carbonyl (C=O) groups excluding carboxylic acids is 1. The Morgan fingerprint density at radius 1 is 0.651 bits per heavy atom. The van der Waals surface area contributed by atoms with Gasteiger partial charge in [0.15, 0.2) is 0 Å². The summed E-state index contributed by atoms with van der Waals surface area (Å²) in [5.74, 6) is -0.954. The number of hydrogen-bond acceptors (Lipinski definition) is 5. The molecule has 0 unspecified atom stereocenters. The summed E-state index contributed by atoms with van der Waals surface area (Å²) in [5.41, 5.74) is 2.18. The van der Waals surface area contributed by atoms with Crippen LogP contribution in [0.15, 0.2) is 48.5 Å². The first-order valence-corrected chi connectivity index (χ1v) is 15.6. The Hall–Kier alpha value is -2.84. The summed E-state index contributed by atoms with van der Waals surface area (Å²) in [6.45, 7) is 19.7. The molecule has 0 saturated carbocycles. The van der Waals surface area contributed by atoms with Crippen LogP contribution in [0.1, 0.15) is 78.4 Å². The van der Waals surface area contributed by atoms with Crippen LogP contribution in [0.25, 0.3) is 0 Å². The Morgan fingerprint density at radius 2 is 0.930 bits per heavy atom. The smallest absolute Gasteiger partial charge is 0.308 e. The highest BCUT2D eigenvalue weighted by Crippen LogP contribution is 2.17. The minimum absolute atomic E-state index is 0.0434. The molecule has 8 heteroatoms. The normalized spacial score (nSPS) is 14.7. The van der Waals surface area contributed by atoms with E-state index in [0.717, 1.165) is 63.0 Å². The van der Waals surface area contributed by atoms with Crippen LogP contribution in [0.3, 0.4) is 0 Å². The number of carboxylic acid groups (broad SMARTS) is 1. The second-order valence-corrected chi connectivity index (χ2v) is 9.61. The lowest BCUT2D eigenvalue weighted by Gasteiger charge is -2.26. The molecule has 6 nitrogen and oxygen atoms in total. The number of benzene rings is 2. The number of nitrogens with zero attached hydrogens (tertiary/aromatic N) is 2. The highest BCUT2D eigenvalue weighted by atomic mass is 19.1. The van der Waals surface area contributed by atoms with Gasteiger partial charge in [0.05, 0.1) is 18.9 Å². The van der Waals surface area contributed by atoms with Crippen LogP contribution in [0.5, 0.6) is 0 Å². The van der Waals surface area contributed by atoms with Gasteiger partial charge in [-0.2, -0.15) is 0 Å². The SMILES string of the molecule is CC.CC.CC.CN1CCC(C(=O)O)CC1.COC(=O)C1CCN(C)CC1.Cc1ccc(F)cc1.Cc1ccc(F)cc1. The minimum Gasteiger partial charge on any atom is -0.481 e. The Balaban J connectivity index is -0.000000471. The van der Waals surface area contributed by atoms with Crippen molar-refractivity contribution in [1.82, 2.24) is 9.80 Å². The standard InChI is InChI=1S/C8H15NO2.2C7H7F.C7H13NO2.3C2H6/c1-9-5-3-7(4-6-9)8(10)11-2;2*1-6-2-4-7(8)5-3-6;1-8-4-2-6(3-5-8)7(9)10;3*1-2/h7H,3-6H2,1-2H3;2*2-5H,1H3;6H,2-5H2,1H3,(H,9,10);3*1-2H3. The van der Waals surface area contributed by atoms with Gasteiger partial charge < -0.3 is 19.6 Å². The van der Waals surface area contributed by atoms with E-state index in [9.17, 15) is 18.4 Å². The van der Waals surface area contributed by atoms with Crippen LogP contribution in [-0.2, 0) is 14.3 Å². The molecular formula is C35H60F2N2O4. The molecule has 2 heterocycles. The summed E-state index contributed by atoms with van der Waals surface area (Å²) in [6.07, 6.45) is 3.52. The van der Waals surface area contributed by atoms with E-state index in [0.29, 0.717) is 0 Å². The number of carbonyl (C=O) groups is 2. The molecule has 0 amide bonds. The zero-order valence-corrected chi connectivity index (χ0v) is 28.8. The van der Waals surface area contributed by atoms with Crippen molar-refractivity contribution in [2.75, 3.05) is 47.4 Å². The van der Waals surface area contributed by atoms with Gasteiger partial charge >= 0.3 is 11.9 Å². The summed E-state index contributed by atoms with van der Waals surface area (Å²) in [5, 5.41) is 8.61. The van der Waals surface area contributed by atoms with Gasteiger partial charge in [0, 0.05) is 0 Å². The quantitative estimate of drug-likeness (QED) is 0.345. The van der Waals surface area contributed by atoms with Gasteiger partial charge in [0.2, 0.25) is 0 Å². The van der Waals surface area contributed by atoms with E-state index >= 15 is 0 Å². The lowest BCUT2D eigenvalue weighted by atomic mass is 9.98. The number of halogens is 2. The van der Waals surface area contributed by atoms with E-state index in [4.69, 9.17) is 5.11 Å². The first-order chi connectivity index (χ1) is 20.5. The van der Waals surface area contributed by atoms with Gasteiger partial charge in [-0.1, -0.05) is 76.9 Å². The van der Waals surface area contributed by atoms with E-state index in [1.54, 1.807) is 24.3 Å². The van der Waals surface area contributed by atoms with Crippen molar-refractivity contribution in [3.05, 3.63) is 71.3 Å². The molecule has 0 spiro atoms. The third-order valence-electron chi connectivity index (χ3n) is 6.34. The number of methoxy groups -OCH3 is 1. The van der Waals surface area contributed by atoms with E-state index < -0.39 is 5.97 Å². The molecule has 0 radical (unpaired) electrons. The van der Waals surface area contributed by atoms with Crippen molar-refractivity contribution in [2.24, 2.45) is 11.8 Å². The molecule has 2 aliphatic rings. The van der Waals surface area contributed by atoms with E-state index in [1.165, 1.54) is 31.4 Å². The molecule has 2 aromatic rings. The fraction of sp³-hybridized carbons (Fsp3) is 0.600. The van der Waals surface area contributed by atoms with Crippen molar-refractivity contribution in [3.8, 4) is 0 Å². The highest BCUT2D eigenvalue weighted by Gasteiger charge is 2.23. The fourth-order valence-electron chi connectivity index (χ4n) is 3.73. The maximum Gasteiger partial charge on any atom is 0.308 e. The Labute approximate surface area is 261 Å². The third kappa shape index (κ3) is 24.3. The zero-order chi connectivity index (χ0) is 33.8. The van der Waals surface area contributed by atoms with Gasteiger partial charge in [0.25, 0.3) is 0 Å². The maximum absolute atomic E-state index is 12.1. The molecule has 248 valence electrons. The lowest BCUT2D eigenvalue weighted by molar-refractivity contribution is -0.147. The summed E-state index contributed by atoms with van der Waals surface area (Å²) >= 11 is 0. The first kappa shape index (κ1) is 44.6. The largest absolute Gasteiger partial charge is 0.481 e. The molecule has 2 saturated heterocycles. The number of likely N-dealkylation sites (tertiary alicyclic amines) is 2. The average Bonchev–Trinajstić information content (AvgIpc) is 3.04. The monoisotopic (exact) mass is 610 g/mol. The summed E-state index contributed by atoms with van der Waals surface area (Å²) < 4.78 is 28.8. The second kappa shape index (κ2) is 29.2. The van der Waals surface area contributed by atoms with Crippen LogP contribution in [-0.4, -0.2) is 74.2 Å². The molecule has 0 atom stereocenters. The van der Waals surface area contributed by atoms with Crippen LogP contribution in [0.2, 0.25) is 0 Å². The molecule has 2 aromatic carbocycles. The predicted octanol–water partition coefficient (Wildman–Crippen LogP) is 8.26. The average molecular weight is 611 g/mol. The maximum atomic E-state index is 12.1. The van der Waals surface area contributed by atoms with Crippen LogP contribution in [0.4, 0.5) is 8.78 Å². The number of aryl methyl sites for hydroxylation is 2. The minimum atomic E-state index is -0.631. The van der Waals surface area contributed by atoms with Gasteiger partial charge in [-0.05, 0) is 104 Å². The number of piperidine rings is 2. The molecule has 4 rings (SSSR count). The van der Waals surface area contributed by atoms with Crippen molar-refractivity contribution < 1.29 is 28.2 Å². The van der Waals surface area contributed by atoms with E-state index in [-0.39, 0.29) is 29.4 Å². The van der Waals surface area contributed by atoms with E-state index in [1.807, 2.05) is 62.4 Å². The fourth-order valence-corrected chi connectivity index (χ4v) is 3.73. The van der Waals surface area contributed by atoms with Crippen molar-refractivity contribution >= 4 is 11.9 Å². The number of hydrogen-bond donors (Lipinski definition) is 1. The Kier molecular flexibility index (Phi) is 30.3. The van der Waals surface area contributed by atoms with Crippen LogP contribution in [0, 0.1) is 37.3 Å². The molecule has 43 heavy (non-hydrogen) atoms. The summed E-state index contributed by atoms with van der Waals surface area (Å²) in [7, 11) is 5.56. The molecular weight excluding hydrogens is 550 g/mol. The topological polar surface area (TPSA) is 70.1 Å². The van der Waals surface area contributed by atoms with Gasteiger partial charge in [-0.3, -0.25) is 9.59 Å². The molecule has 0 bridgehead atoms. The molecule has 2 aliphatic heterocycles. The van der Waals surface area contributed by atoms with E-state index in [2.05, 4.69) is 21.6 Å². The second-order valence-electron chi connectivity index (χ2n) is 9.61. The van der Waals surface area contributed by atoms with Gasteiger partial charge in [0.1, 0.15) is 11.6 Å². The summed E-state index contributed by atoms with van der Waals surface area (Å²) in [4.78, 5) is 25.9. The Bertz CT molecular complexity index is 823. The number of aliphatic carboxylic acids is 1. The number of rotatable bonds is 2. The van der Waals surface area contributed by atoms with Crippen molar-refractivity contribution in [3.63, 3.8) is 0 Å². The number of ether oxygens (including phenoxy) is 1. The highest BCUT2D eigenvalue weighted by molar-refractivity contribution is 5.72. The van der Waals surface area contributed by atoms with Crippen LogP contribution >= 0.6 is 0 Å². The molecule has 0 aromatic heterocycles. The molecule has 1 N–H and O–H groups in total. The first-order valence-electron chi connectivity index (χ1n) is 15.6. The number of carboxylic acids is 1. The lowest BCUT2D eigenvalue weighted by Crippen LogP contribution is -2.33. The number of esters is 1. The van der Waals surface area contributed by atoms with Gasteiger partial charge in [-0.15, -0.1) is 0 Å². The molecule has 2 fully saturated rings. The van der Waals surface area contributed by atoms with Crippen molar-refractivity contribution in [1.29, 1.82) is 0 Å².